The van der Waals surface area contributed by atoms with Gasteiger partial charge in [0.05, 0.1) is 12.7 Å². The predicted molar refractivity (Wildman–Crippen MR) is 76.3 cm³/mol. The lowest BCUT2D eigenvalue weighted by Gasteiger charge is -2.09. The molecule has 20 heavy (non-hydrogen) atoms. The number of methoxy groups -OCH3 is 1. The van der Waals surface area contributed by atoms with Gasteiger partial charge in [-0.1, -0.05) is 18.2 Å². The number of ether oxygens (including phenoxy) is 2. The van der Waals surface area contributed by atoms with Crippen LogP contribution in [-0.4, -0.2) is 18.1 Å². The van der Waals surface area contributed by atoms with Gasteiger partial charge in [0.2, 0.25) is 0 Å². The quantitative estimate of drug-likeness (QED) is 0.584. The number of benzene rings is 2. The Labute approximate surface area is 115 Å². The molecular formula is C16H13NO3. The highest BCUT2D eigenvalue weighted by Gasteiger charge is 2.13. The summed E-state index contributed by atoms with van der Waals surface area (Å²) in [4.78, 5) is 15.2. The van der Waals surface area contributed by atoms with Crippen molar-refractivity contribution >= 4 is 16.9 Å². The van der Waals surface area contributed by atoms with Crippen molar-refractivity contribution in [2.24, 2.45) is 0 Å². The summed E-state index contributed by atoms with van der Waals surface area (Å²) >= 11 is 0. The van der Waals surface area contributed by atoms with Gasteiger partial charge in [-0.3, -0.25) is 0 Å². The van der Waals surface area contributed by atoms with Gasteiger partial charge in [0.25, 0.3) is 0 Å². The Morgan fingerprint density at radius 1 is 1.05 bits per heavy atom. The van der Waals surface area contributed by atoms with Gasteiger partial charge in [-0.2, -0.15) is 0 Å². The fraction of sp³-hybridized carbons (Fsp3) is 0.0625. The monoisotopic (exact) mass is 267 g/mol. The number of hydrogen-bond acceptors (Lipinski definition) is 3. The Kier molecular flexibility index (Phi) is 3.13. The van der Waals surface area contributed by atoms with E-state index in [1.165, 1.54) is 0 Å². The molecular weight excluding hydrogens is 254 g/mol. The van der Waals surface area contributed by atoms with Gasteiger partial charge in [-0.15, -0.1) is 0 Å². The van der Waals surface area contributed by atoms with Crippen LogP contribution in [0.1, 0.15) is 10.4 Å². The summed E-state index contributed by atoms with van der Waals surface area (Å²) in [5, 5.41) is 0.960. The summed E-state index contributed by atoms with van der Waals surface area (Å²) in [6.07, 6.45) is 1.83. The second-order valence-corrected chi connectivity index (χ2v) is 4.32. The number of nitrogens with one attached hydrogen (secondary N) is 1. The highest BCUT2D eigenvalue weighted by Crippen LogP contribution is 2.32. The Morgan fingerprint density at radius 2 is 1.85 bits per heavy atom. The van der Waals surface area contributed by atoms with E-state index in [0.29, 0.717) is 17.1 Å². The van der Waals surface area contributed by atoms with E-state index in [1.807, 2.05) is 24.4 Å². The van der Waals surface area contributed by atoms with Crippen molar-refractivity contribution in [2.75, 3.05) is 7.11 Å². The summed E-state index contributed by atoms with van der Waals surface area (Å²) in [7, 11) is 1.55. The first-order valence-corrected chi connectivity index (χ1v) is 6.20. The molecule has 0 fully saturated rings. The van der Waals surface area contributed by atoms with Crippen LogP contribution in [0.5, 0.6) is 11.5 Å². The number of carbonyl (C=O) groups is 1. The number of aromatic amines is 1. The van der Waals surface area contributed by atoms with Crippen molar-refractivity contribution in [3.05, 3.63) is 60.3 Å². The molecule has 0 saturated carbocycles. The third-order valence-electron chi connectivity index (χ3n) is 3.05. The molecule has 1 N–H and O–H groups in total. The van der Waals surface area contributed by atoms with Crippen LogP contribution in [0.15, 0.2) is 54.7 Å². The van der Waals surface area contributed by atoms with Gasteiger partial charge >= 0.3 is 5.97 Å². The second-order valence-electron chi connectivity index (χ2n) is 4.32. The first kappa shape index (κ1) is 12.3. The lowest BCUT2D eigenvalue weighted by Crippen LogP contribution is -2.08. The zero-order chi connectivity index (χ0) is 13.9. The maximum atomic E-state index is 12.1. The smallest absolute Gasteiger partial charge is 0.343 e. The van der Waals surface area contributed by atoms with Crippen molar-refractivity contribution in [1.82, 2.24) is 4.98 Å². The third kappa shape index (κ3) is 2.23. The minimum absolute atomic E-state index is 0.404. The van der Waals surface area contributed by atoms with Gasteiger partial charge in [0.15, 0.2) is 11.5 Å². The normalized spacial score (nSPS) is 10.4. The predicted octanol–water partition coefficient (Wildman–Crippen LogP) is 3.40. The minimum Gasteiger partial charge on any atom is -0.493 e. The number of hydrogen-bond donors (Lipinski definition) is 1. The Bertz CT molecular complexity index is 747. The summed E-state index contributed by atoms with van der Waals surface area (Å²) in [5.41, 5.74) is 1.44. The number of rotatable bonds is 3. The van der Waals surface area contributed by atoms with Gasteiger partial charge in [-0.25, -0.2) is 4.79 Å². The molecule has 0 amide bonds. The summed E-state index contributed by atoms with van der Waals surface area (Å²) in [5.74, 6) is 0.525. The van der Waals surface area contributed by atoms with Crippen LogP contribution in [0.2, 0.25) is 0 Å². The van der Waals surface area contributed by atoms with E-state index in [-0.39, 0.29) is 0 Å². The average Bonchev–Trinajstić information content (AvgIpc) is 2.94. The van der Waals surface area contributed by atoms with Crippen molar-refractivity contribution in [2.45, 2.75) is 0 Å². The van der Waals surface area contributed by atoms with E-state index in [9.17, 15) is 4.79 Å². The van der Waals surface area contributed by atoms with E-state index in [0.717, 1.165) is 10.9 Å². The summed E-state index contributed by atoms with van der Waals surface area (Å²) < 4.78 is 10.7. The highest BCUT2D eigenvalue weighted by molar-refractivity contribution is 5.92. The number of esters is 1. The van der Waals surface area contributed by atoms with Crippen molar-refractivity contribution < 1.29 is 14.3 Å². The van der Waals surface area contributed by atoms with Crippen LogP contribution >= 0.6 is 0 Å². The van der Waals surface area contributed by atoms with Crippen molar-refractivity contribution in [1.29, 1.82) is 0 Å². The Morgan fingerprint density at radius 3 is 2.60 bits per heavy atom. The van der Waals surface area contributed by atoms with Crippen LogP contribution in [0, 0.1) is 0 Å². The molecule has 0 radical (unpaired) electrons. The minimum atomic E-state index is -0.404. The highest BCUT2D eigenvalue weighted by atomic mass is 16.6. The molecule has 1 heterocycles. The van der Waals surface area contributed by atoms with E-state index in [4.69, 9.17) is 9.47 Å². The molecule has 0 aliphatic rings. The van der Waals surface area contributed by atoms with Crippen LogP contribution in [0.4, 0.5) is 0 Å². The molecule has 4 heteroatoms. The lowest BCUT2D eigenvalue weighted by atomic mass is 10.2. The first-order valence-electron chi connectivity index (χ1n) is 6.20. The fourth-order valence-electron chi connectivity index (χ4n) is 2.03. The topological polar surface area (TPSA) is 51.3 Å². The molecule has 1 aromatic heterocycles. The molecule has 0 saturated heterocycles. The van der Waals surface area contributed by atoms with Crippen LogP contribution < -0.4 is 9.47 Å². The third-order valence-corrected chi connectivity index (χ3v) is 3.05. The first-order chi connectivity index (χ1) is 9.78. The SMILES string of the molecule is COc1cc2[nH]ccc2cc1OC(=O)c1ccccc1. The van der Waals surface area contributed by atoms with E-state index in [1.54, 1.807) is 37.4 Å². The van der Waals surface area contributed by atoms with Crippen LogP contribution in [0.25, 0.3) is 10.9 Å². The van der Waals surface area contributed by atoms with E-state index in [2.05, 4.69) is 4.98 Å². The van der Waals surface area contributed by atoms with Crippen molar-refractivity contribution in [3.63, 3.8) is 0 Å². The molecule has 0 unspecified atom stereocenters. The molecule has 0 aliphatic heterocycles. The molecule has 100 valence electrons. The molecule has 0 bridgehead atoms. The Hall–Kier alpha value is -2.75. The zero-order valence-electron chi connectivity index (χ0n) is 10.9. The van der Waals surface area contributed by atoms with Gasteiger partial charge in [0.1, 0.15) is 0 Å². The fourth-order valence-corrected chi connectivity index (χ4v) is 2.03. The summed E-state index contributed by atoms with van der Waals surface area (Å²) in [6.45, 7) is 0. The van der Waals surface area contributed by atoms with Crippen molar-refractivity contribution in [3.8, 4) is 11.5 Å². The van der Waals surface area contributed by atoms with E-state index >= 15 is 0 Å². The zero-order valence-corrected chi connectivity index (χ0v) is 10.9. The molecule has 0 spiro atoms. The van der Waals surface area contributed by atoms with Gasteiger partial charge in [0, 0.05) is 23.2 Å². The molecule has 0 aliphatic carbocycles. The maximum Gasteiger partial charge on any atom is 0.343 e. The van der Waals surface area contributed by atoms with E-state index < -0.39 is 5.97 Å². The Balaban J connectivity index is 1.95. The molecule has 2 aromatic carbocycles. The largest absolute Gasteiger partial charge is 0.493 e. The van der Waals surface area contributed by atoms with Crippen LogP contribution in [-0.2, 0) is 0 Å². The standard InChI is InChI=1S/C16H13NO3/c1-19-14-10-13-12(7-8-17-13)9-15(14)20-16(18)11-5-3-2-4-6-11/h2-10,17H,1H3. The molecule has 3 rings (SSSR count). The molecule has 3 aromatic rings. The maximum absolute atomic E-state index is 12.1. The number of carbonyl (C=O) groups excluding carboxylic acids is 1. The number of fused-ring (bicyclic) bond motifs is 1. The second kappa shape index (κ2) is 5.09. The number of aromatic nitrogens is 1. The average molecular weight is 267 g/mol. The lowest BCUT2D eigenvalue weighted by molar-refractivity contribution is 0.0730. The number of H-pyrrole nitrogens is 1. The molecule has 4 nitrogen and oxygen atoms in total. The summed E-state index contributed by atoms with van der Waals surface area (Å²) in [6, 6.07) is 14.4. The van der Waals surface area contributed by atoms with Gasteiger partial charge in [-0.05, 0) is 24.3 Å². The van der Waals surface area contributed by atoms with Gasteiger partial charge < -0.3 is 14.5 Å². The van der Waals surface area contributed by atoms with Crippen LogP contribution in [0.3, 0.4) is 0 Å². The molecule has 0 atom stereocenters.